The molecular formula is C24H20F3N3S. The van der Waals surface area contributed by atoms with Gasteiger partial charge in [-0.1, -0.05) is 78.0 Å². The molecule has 0 saturated heterocycles. The first kappa shape index (κ1) is 21.2. The molecular weight excluding hydrogens is 419 g/mol. The number of thioether (sulfide) groups is 1. The van der Waals surface area contributed by atoms with Crippen molar-refractivity contribution in [1.82, 2.24) is 14.8 Å². The molecule has 7 heteroatoms. The molecule has 0 amide bonds. The third kappa shape index (κ3) is 5.17. The minimum absolute atomic E-state index is 0.400. The molecule has 0 spiro atoms. The third-order valence-corrected chi connectivity index (χ3v) is 5.79. The van der Waals surface area contributed by atoms with Gasteiger partial charge in [0.1, 0.15) is 5.82 Å². The number of nitrogens with zero attached hydrogens (tertiary/aromatic N) is 3. The Hall–Kier alpha value is -3.06. The molecule has 0 aliphatic rings. The van der Waals surface area contributed by atoms with Crippen molar-refractivity contribution in [3.63, 3.8) is 0 Å². The smallest absolute Gasteiger partial charge is 0.274 e. The average Bonchev–Trinajstić information content (AvgIpc) is 3.15. The second-order valence-electron chi connectivity index (χ2n) is 7.22. The van der Waals surface area contributed by atoms with E-state index >= 15 is 0 Å². The van der Waals surface area contributed by atoms with Crippen LogP contribution < -0.4 is 0 Å². The lowest BCUT2D eigenvalue weighted by molar-refractivity contribution is -0.137. The zero-order valence-corrected chi connectivity index (χ0v) is 17.6. The summed E-state index contributed by atoms with van der Waals surface area (Å²) in [5.41, 5.74) is 2.99. The summed E-state index contributed by atoms with van der Waals surface area (Å²) in [6.45, 7) is 2.03. The van der Waals surface area contributed by atoms with Crippen molar-refractivity contribution in [3.8, 4) is 5.69 Å². The molecule has 0 saturated carbocycles. The lowest BCUT2D eigenvalue weighted by Crippen LogP contribution is -2.08. The summed E-state index contributed by atoms with van der Waals surface area (Å²) in [5, 5.41) is 9.19. The fourth-order valence-electron chi connectivity index (χ4n) is 3.32. The number of hydrogen-bond donors (Lipinski definition) is 0. The number of rotatable bonds is 6. The van der Waals surface area contributed by atoms with Crippen LogP contribution in [0.15, 0.2) is 84.0 Å². The van der Waals surface area contributed by atoms with Crippen LogP contribution >= 0.6 is 11.8 Å². The molecule has 31 heavy (non-hydrogen) atoms. The third-order valence-electron chi connectivity index (χ3n) is 4.79. The van der Waals surface area contributed by atoms with E-state index in [4.69, 9.17) is 0 Å². The van der Waals surface area contributed by atoms with Crippen LogP contribution in [-0.4, -0.2) is 14.8 Å². The van der Waals surface area contributed by atoms with Crippen LogP contribution in [0.2, 0.25) is 0 Å². The number of aryl methyl sites for hydroxylation is 1. The van der Waals surface area contributed by atoms with Gasteiger partial charge in [0.25, 0.3) is 0 Å². The van der Waals surface area contributed by atoms with E-state index in [1.165, 1.54) is 17.8 Å². The molecule has 4 rings (SSSR count). The summed E-state index contributed by atoms with van der Waals surface area (Å²) in [6.07, 6.45) is -3.95. The van der Waals surface area contributed by atoms with Gasteiger partial charge in [0.05, 0.1) is 11.3 Å². The van der Waals surface area contributed by atoms with E-state index < -0.39 is 11.7 Å². The van der Waals surface area contributed by atoms with E-state index in [2.05, 4.69) is 16.3 Å². The Balaban J connectivity index is 1.71. The van der Waals surface area contributed by atoms with Crippen LogP contribution in [0.25, 0.3) is 5.69 Å². The first-order valence-electron chi connectivity index (χ1n) is 9.74. The molecule has 3 aromatic carbocycles. The molecule has 0 N–H and O–H groups in total. The number of hydrogen-bond acceptors (Lipinski definition) is 3. The summed E-state index contributed by atoms with van der Waals surface area (Å²) >= 11 is 1.46. The van der Waals surface area contributed by atoms with E-state index in [9.17, 15) is 13.2 Å². The highest BCUT2D eigenvalue weighted by atomic mass is 32.2. The van der Waals surface area contributed by atoms with Gasteiger partial charge in [-0.15, -0.1) is 10.2 Å². The second-order valence-corrected chi connectivity index (χ2v) is 8.16. The molecule has 0 bridgehead atoms. The number of halogens is 3. The molecule has 1 heterocycles. The van der Waals surface area contributed by atoms with Gasteiger partial charge in [-0.05, 0) is 36.2 Å². The first-order valence-corrected chi connectivity index (χ1v) is 10.7. The lowest BCUT2D eigenvalue weighted by Gasteiger charge is -2.13. The van der Waals surface area contributed by atoms with Crippen LogP contribution in [0.1, 0.15) is 28.1 Å². The van der Waals surface area contributed by atoms with Crippen LogP contribution in [0, 0.1) is 6.92 Å². The van der Waals surface area contributed by atoms with E-state index in [0.717, 1.165) is 28.8 Å². The molecule has 3 nitrogen and oxygen atoms in total. The minimum atomic E-state index is -4.42. The molecule has 0 atom stereocenters. The zero-order chi connectivity index (χ0) is 21.8. The van der Waals surface area contributed by atoms with Crippen molar-refractivity contribution in [2.24, 2.45) is 0 Å². The van der Waals surface area contributed by atoms with Gasteiger partial charge in [-0.2, -0.15) is 13.2 Å². The predicted octanol–water partition coefficient (Wildman–Crippen LogP) is 6.48. The highest BCUT2D eigenvalue weighted by Gasteiger charge is 2.31. The minimum Gasteiger partial charge on any atom is -0.274 e. The van der Waals surface area contributed by atoms with Crippen molar-refractivity contribution in [3.05, 3.63) is 107 Å². The van der Waals surface area contributed by atoms with Crippen LogP contribution in [-0.2, 0) is 18.3 Å². The molecule has 0 aliphatic heterocycles. The van der Waals surface area contributed by atoms with Gasteiger partial charge in [-0.3, -0.25) is 4.57 Å². The summed E-state index contributed by atoms with van der Waals surface area (Å²) in [7, 11) is 0. The van der Waals surface area contributed by atoms with Crippen LogP contribution in [0.4, 0.5) is 13.2 Å². The van der Waals surface area contributed by atoms with E-state index in [-0.39, 0.29) is 0 Å². The van der Waals surface area contributed by atoms with Crippen LogP contribution in [0.5, 0.6) is 0 Å². The van der Waals surface area contributed by atoms with Crippen LogP contribution in [0.3, 0.4) is 0 Å². The van der Waals surface area contributed by atoms with Gasteiger partial charge in [0.2, 0.25) is 0 Å². The van der Waals surface area contributed by atoms with Crippen molar-refractivity contribution >= 4 is 11.8 Å². The number of aromatic nitrogens is 3. The quantitative estimate of drug-likeness (QED) is 0.322. The monoisotopic (exact) mass is 439 g/mol. The fraction of sp³-hybridized carbons (Fsp3) is 0.167. The highest BCUT2D eigenvalue weighted by molar-refractivity contribution is 7.98. The SMILES string of the molecule is Cc1cccc(CSc2nnc(Cc3ccccc3)n2-c2cccc(C(F)(F)F)c2)c1. The summed E-state index contributed by atoms with van der Waals surface area (Å²) in [6, 6.07) is 23.1. The molecule has 0 fully saturated rings. The molecule has 0 aliphatic carbocycles. The number of alkyl halides is 3. The molecule has 1 aromatic heterocycles. The van der Waals surface area contributed by atoms with Crippen molar-refractivity contribution < 1.29 is 13.2 Å². The number of benzene rings is 3. The Morgan fingerprint density at radius 2 is 1.58 bits per heavy atom. The van der Waals surface area contributed by atoms with Crippen molar-refractivity contribution in [2.75, 3.05) is 0 Å². The Morgan fingerprint density at radius 3 is 2.32 bits per heavy atom. The normalized spacial score (nSPS) is 11.6. The Morgan fingerprint density at radius 1 is 0.839 bits per heavy atom. The Labute approximate surface area is 183 Å². The Kier molecular flexibility index (Phi) is 6.13. The molecule has 0 radical (unpaired) electrons. The lowest BCUT2D eigenvalue weighted by atomic mass is 10.1. The van der Waals surface area contributed by atoms with Gasteiger partial charge >= 0.3 is 6.18 Å². The average molecular weight is 440 g/mol. The predicted molar refractivity (Wildman–Crippen MR) is 116 cm³/mol. The fourth-order valence-corrected chi connectivity index (χ4v) is 4.23. The van der Waals surface area contributed by atoms with Gasteiger partial charge in [0.15, 0.2) is 5.16 Å². The van der Waals surface area contributed by atoms with E-state index in [1.54, 1.807) is 10.6 Å². The van der Waals surface area contributed by atoms with Gasteiger partial charge in [0, 0.05) is 12.2 Å². The Bertz CT molecular complexity index is 1170. The van der Waals surface area contributed by atoms with Gasteiger partial charge < -0.3 is 0 Å². The van der Waals surface area contributed by atoms with Crippen molar-refractivity contribution in [2.45, 2.75) is 30.4 Å². The first-order chi connectivity index (χ1) is 14.9. The summed E-state index contributed by atoms with van der Waals surface area (Å²) in [5.74, 6) is 1.24. The zero-order valence-electron chi connectivity index (χ0n) is 16.8. The van der Waals surface area contributed by atoms with Gasteiger partial charge in [-0.25, -0.2) is 0 Å². The maximum Gasteiger partial charge on any atom is 0.416 e. The second kappa shape index (κ2) is 8.98. The molecule has 158 valence electrons. The maximum absolute atomic E-state index is 13.3. The topological polar surface area (TPSA) is 30.7 Å². The van der Waals surface area contributed by atoms with E-state index in [0.29, 0.717) is 28.8 Å². The van der Waals surface area contributed by atoms with E-state index in [1.807, 2.05) is 55.5 Å². The highest BCUT2D eigenvalue weighted by Crippen LogP contribution is 2.32. The maximum atomic E-state index is 13.3. The molecule has 0 unspecified atom stereocenters. The van der Waals surface area contributed by atoms with Crippen molar-refractivity contribution in [1.29, 1.82) is 0 Å². The summed E-state index contributed by atoms with van der Waals surface area (Å²) < 4.78 is 41.7. The standard InChI is InChI=1S/C24H20F3N3S/c1-17-7-5-10-19(13-17)16-31-23-29-28-22(14-18-8-3-2-4-9-18)30(23)21-12-6-11-20(15-21)24(25,26)27/h2-13,15H,14,16H2,1H3. The molecule has 4 aromatic rings. The summed E-state index contributed by atoms with van der Waals surface area (Å²) in [4.78, 5) is 0. The largest absolute Gasteiger partial charge is 0.416 e.